The highest BCUT2D eigenvalue weighted by molar-refractivity contribution is 5.83. The third-order valence-corrected chi connectivity index (χ3v) is 5.82. The number of unbranched alkanes of at least 4 members (excludes halogenated alkanes) is 1. The van der Waals surface area contributed by atoms with Crippen molar-refractivity contribution in [3.8, 4) is 11.1 Å². The molecule has 1 unspecified atom stereocenters. The van der Waals surface area contributed by atoms with Crippen molar-refractivity contribution >= 4 is 5.97 Å². The Morgan fingerprint density at radius 3 is 2.55 bits per heavy atom. The smallest absolute Gasteiger partial charge is 0.337 e. The number of rotatable bonds is 8. The summed E-state index contributed by atoms with van der Waals surface area (Å²) in [6.45, 7) is 12.1. The van der Waals surface area contributed by atoms with Crippen molar-refractivity contribution in [3.05, 3.63) is 52.6 Å². The van der Waals surface area contributed by atoms with Crippen LogP contribution in [0.25, 0.3) is 11.1 Å². The monoisotopic (exact) mass is 428 g/mol. The van der Waals surface area contributed by atoms with Crippen molar-refractivity contribution in [2.75, 3.05) is 13.2 Å². The zero-order valence-electron chi connectivity index (χ0n) is 19.1. The second-order valence-electron chi connectivity index (χ2n) is 9.20. The number of benzene rings is 1. The largest absolute Gasteiger partial charge is 0.479 e. The molecule has 0 fully saturated rings. The molecule has 1 aliphatic heterocycles. The van der Waals surface area contributed by atoms with Crippen LogP contribution < -0.4 is 5.32 Å². The van der Waals surface area contributed by atoms with E-state index in [-0.39, 0.29) is 17.2 Å². The molecular formula is C25H33FN2O3. The highest BCUT2D eigenvalue weighted by Gasteiger charge is 2.37. The van der Waals surface area contributed by atoms with Gasteiger partial charge in [0.1, 0.15) is 5.82 Å². The molecule has 2 heterocycles. The lowest BCUT2D eigenvalue weighted by Gasteiger charge is -2.36. The van der Waals surface area contributed by atoms with Gasteiger partial charge >= 0.3 is 5.97 Å². The summed E-state index contributed by atoms with van der Waals surface area (Å²) in [6, 6.07) is 6.25. The SMILES string of the molecule is CCCCOC(C(=O)O)c1c(C(C)C)nc2c(c1-c1ccc(F)cc1)CNCC2(C)C. The van der Waals surface area contributed by atoms with Crippen LogP contribution in [0, 0.1) is 5.82 Å². The Labute approximate surface area is 184 Å². The number of hydrogen-bond donors (Lipinski definition) is 2. The topological polar surface area (TPSA) is 71.5 Å². The van der Waals surface area contributed by atoms with Crippen LogP contribution in [0.2, 0.25) is 0 Å². The normalized spacial score (nSPS) is 16.2. The third kappa shape index (κ3) is 4.80. The zero-order valence-corrected chi connectivity index (χ0v) is 19.1. The van der Waals surface area contributed by atoms with Crippen LogP contribution >= 0.6 is 0 Å². The first kappa shape index (κ1) is 23.4. The average Bonchev–Trinajstić information content (AvgIpc) is 2.70. The molecule has 0 amide bonds. The molecule has 3 rings (SSSR count). The van der Waals surface area contributed by atoms with E-state index < -0.39 is 12.1 Å². The van der Waals surface area contributed by atoms with Crippen molar-refractivity contribution in [3.63, 3.8) is 0 Å². The first-order valence-corrected chi connectivity index (χ1v) is 11.1. The first-order valence-electron chi connectivity index (χ1n) is 11.1. The van der Waals surface area contributed by atoms with Gasteiger partial charge in [-0.1, -0.05) is 53.2 Å². The summed E-state index contributed by atoms with van der Waals surface area (Å²) in [5, 5.41) is 13.6. The molecule has 0 saturated carbocycles. The van der Waals surface area contributed by atoms with Gasteiger partial charge in [-0.15, -0.1) is 0 Å². The van der Waals surface area contributed by atoms with Gasteiger partial charge in [0.05, 0.1) is 11.4 Å². The fourth-order valence-corrected chi connectivity index (χ4v) is 4.25. The number of nitrogens with zero attached hydrogens (tertiary/aromatic N) is 1. The van der Waals surface area contributed by atoms with Crippen LogP contribution in [0.5, 0.6) is 0 Å². The number of hydrogen-bond acceptors (Lipinski definition) is 4. The number of aromatic nitrogens is 1. The minimum atomic E-state index is -1.13. The molecule has 1 aromatic heterocycles. The Morgan fingerprint density at radius 1 is 1.29 bits per heavy atom. The molecule has 5 nitrogen and oxygen atoms in total. The molecule has 2 N–H and O–H groups in total. The van der Waals surface area contributed by atoms with Crippen molar-refractivity contribution in [1.29, 1.82) is 0 Å². The predicted octanol–water partition coefficient (Wildman–Crippen LogP) is 5.33. The Kier molecular flexibility index (Phi) is 7.12. The maximum atomic E-state index is 13.7. The number of nitrogens with one attached hydrogen (secondary N) is 1. The van der Waals surface area contributed by atoms with E-state index in [4.69, 9.17) is 9.72 Å². The van der Waals surface area contributed by atoms with Crippen molar-refractivity contribution in [2.24, 2.45) is 0 Å². The van der Waals surface area contributed by atoms with Gasteiger partial charge in [0.15, 0.2) is 6.10 Å². The van der Waals surface area contributed by atoms with Crippen LogP contribution in [0.15, 0.2) is 24.3 Å². The van der Waals surface area contributed by atoms with Gasteiger partial charge in [0.2, 0.25) is 0 Å². The van der Waals surface area contributed by atoms with Gasteiger partial charge < -0.3 is 15.2 Å². The molecule has 1 aliphatic rings. The summed E-state index contributed by atoms with van der Waals surface area (Å²) in [5.41, 5.74) is 4.62. The van der Waals surface area contributed by atoms with E-state index in [0.717, 1.165) is 47.5 Å². The summed E-state index contributed by atoms with van der Waals surface area (Å²) in [4.78, 5) is 17.4. The summed E-state index contributed by atoms with van der Waals surface area (Å²) in [7, 11) is 0. The summed E-state index contributed by atoms with van der Waals surface area (Å²) in [6.07, 6.45) is 0.556. The molecule has 2 aromatic rings. The lowest BCUT2D eigenvalue weighted by Crippen LogP contribution is -2.41. The van der Waals surface area contributed by atoms with E-state index >= 15 is 0 Å². The summed E-state index contributed by atoms with van der Waals surface area (Å²) >= 11 is 0. The molecule has 1 aromatic carbocycles. The van der Waals surface area contributed by atoms with Gasteiger partial charge in [-0.3, -0.25) is 4.98 Å². The van der Waals surface area contributed by atoms with Crippen LogP contribution in [0.3, 0.4) is 0 Å². The van der Waals surface area contributed by atoms with Gasteiger partial charge in [-0.25, -0.2) is 9.18 Å². The number of halogens is 1. The molecule has 0 aliphatic carbocycles. The Hall–Kier alpha value is -2.31. The fraction of sp³-hybridized carbons (Fsp3) is 0.520. The van der Waals surface area contributed by atoms with Crippen LogP contribution in [-0.2, 0) is 21.5 Å². The number of aliphatic carboxylic acids is 1. The minimum absolute atomic E-state index is 0.00168. The van der Waals surface area contributed by atoms with E-state index in [1.54, 1.807) is 12.1 Å². The Bertz CT molecular complexity index is 939. The highest BCUT2D eigenvalue weighted by Crippen LogP contribution is 2.43. The fourth-order valence-electron chi connectivity index (χ4n) is 4.25. The molecule has 0 radical (unpaired) electrons. The van der Waals surface area contributed by atoms with Crippen LogP contribution in [0.4, 0.5) is 4.39 Å². The number of carboxylic acids is 1. The van der Waals surface area contributed by atoms with Gasteiger partial charge in [0.25, 0.3) is 0 Å². The minimum Gasteiger partial charge on any atom is -0.479 e. The second kappa shape index (κ2) is 9.45. The van der Waals surface area contributed by atoms with Crippen LogP contribution in [0.1, 0.15) is 82.0 Å². The maximum Gasteiger partial charge on any atom is 0.337 e. The van der Waals surface area contributed by atoms with E-state index in [2.05, 4.69) is 19.2 Å². The molecule has 6 heteroatoms. The zero-order chi connectivity index (χ0) is 22.8. The molecule has 168 valence electrons. The molecule has 0 saturated heterocycles. The van der Waals surface area contributed by atoms with Gasteiger partial charge in [-0.2, -0.15) is 0 Å². The lowest BCUT2D eigenvalue weighted by molar-refractivity contribution is -0.151. The number of pyridine rings is 1. The standard InChI is InChI=1S/C25H33FN2O3/c1-6-7-12-31-22(24(29)30)20-19(16-8-10-17(26)11-9-16)18-13-27-14-25(4,5)23(18)28-21(20)15(2)3/h8-11,15,22,27H,6-7,12-14H2,1-5H3,(H,29,30). The summed E-state index contributed by atoms with van der Waals surface area (Å²) in [5.74, 6) is -1.36. The lowest BCUT2D eigenvalue weighted by atomic mass is 9.77. The van der Waals surface area contributed by atoms with Crippen LogP contribution in [-0.4, -0.2) is 29.2 Å². The predicted molar refractivity (Wildman–Crippen MR) is 120 cm³/mol. The quantitative estimate of drug-likeness (QED) is 0.556. The van der Waals surface area contributed by atoms with Crippen molar-refractivity contribution in [1.82, 2.24) is 10.3 Å². The van der Waals surface area contributed by atoms with E-state index in [9.17, 15) is 14.3 Å². The number of ether oxygens (including phenoxy) is 1. The average molecular weight is 429 g/mol. The van der Waals surface area contributed by atoms with E-state index in [1.807, 2.05) is 20.8 Å². The molecule has 0 spiro atoms. The van der Waals surface area contributed by atoms with Gasteiger partial charge in [-0.05, 0) is 41.2 Å². The number of fused-ring (bicyclic) bond motifs is 1. The highest BCUT2D eigenvalue weighted by atomic mass is 19.1. The molecule has 31 heavy (non-hydrogen) atoms. The maximum absolute atomic E-state index is 13.7. The first-order chi connectivity index (χ1) is 14.7. The Balaban J connectivity index is 2.36. The molecular weight excluding hydrogens is 395 g/mol. The van der Waals surface area contributed by atoms with E-state index in [1.165, 1.54) is 12.1 Å². The third-order valence-electron chi connectivity index (χ3n) is 5.82. The number of carbonyl (C=O) groups is 1. The van der Waals surface area contributed by atoms with E-state index in [0.29, 0.717) is 18.7 Å². The second-order valence-corrected chi connectivity index (χ2v) is 9.20. The molecule has 0 bridgehead atoms. The summed E-state index contributed by atoms with van der Waals surface area (Å²) < 4.78 is 19.6. The molecule has 1 atom stereocenters. The Morgan fingerprint density at radius 2 is 1.97 bits per heavy atom. The van der Waals surface area contributed by atoms with Crippen molar-refractivity contribution < 1.29 is 19.0 Å². The number of carboxylic acid groups (broad SMARTS) is 1. The van der Waals surface area contributed by atoms with Gasteiger partial charge in [0, 0.05) is 30.7 Å². The van der Waals surface area contributed by atoms with Crippen molar-refractivity contribution in [2.45, 2.75) is 71.4 Å².